The molecule has 0 heterocycles. The van der Waals surface area contributed by atoms with Crippen molar-refractivity contribution in [3.05, 3.63) is 90.0 Å². The lowest BCUT2D eigenvalue weighted by Crippen LogP contribution is -2.14. The van der Waals surface area contributed by atoms with Gasteiger partial charge in [-0.25, -0.2) is 13.2 Å². The first-order chi connectivity index (χ1) is 14.4. The van der Waals surface area contributed by atoms with E-state index in [0.29, 0.717) is 22.5 Å². The second-order valence-electron chi connectivity index (χ2n) is 6.25. The molecular weight excluding hydrogens is 404 g/mol. The van der Waals surface area contributed by atoms with Crippen molar-refractivity contribution in [1.82, 2.24) is 0 Å². The Bertz CT molecular complexity index is 1140. The molecule has 0 saturated heterocycles. The number of ether oxygens (including phenoxy) is 1. The first-order valence-electron chi connectivity index (χ1n) is 9.15. The van der Waals surface area contributed by atoms with E-state index in [4.69, 9.17) is 4.74 Å². The summed E-state index contributed by atoms with van der Waals surface area (Å²) < 4.78 is 32.2. The number of sulfonamides is 1. The number of carbonyl (C=O) groups is 2. The van der Waals surface area contributed by atoms with E-state index < -0.39 is 21.9 Å². The van der Waals surface area contributed by atoms with Crippen molar-refractivity contribution < 1.29 is 22.7 Å². The van der Waals surface area contributed by atoms with E-state index in [0.717, 1.165) is 0 Å². The fraction of sp³-hybridized carbons (Fsp3) is 0.0909. The molecule has 30 heavy (non-hydrogen) atoms. The van der Waals surface area contributed by atoms with E-state index in [9.17, 15) is 18.0 Å². The van der Waals surface area contributed by atoms with Crippen LogP contribution in [-0.2, 0) is 14.8 Å². The molecule has 0 atom stereocenters. The van der Waals surface area contributed by atoms with Crippen LogP contribution < -0.4 is 10.0 Å². The van der Waals surface area contributed by atoms with Crippen LogP contribution in [0.4, 0.5) is 11.4 Å². The smallest absolute Gasteiger partial charge is 0.338 e. The lowest BCUT2D eigenvalue weighted by molar-refractivity contribution is 0.0526. The Morgan fingerprint density at radius 2 is 1.53 bits per heavy atom. The third kappa shape index (κ3) is 5.24. The molecule has 0 aliphatic rings. The van der Waals surface area contributed by atoms with Crippen molar-refractivity contribution in [3.63, 3.8) is 0 Å². The minimum Gasteiger partial charge on any atom is -0.462 e. The van der Waals surface area contributed by atoms with Gasteiger partial charge < -0.3 is 10.1 Å². The van der Waals surface area contributed by atoms with Crippen LogP contribution >= 0.6 is 0 Å². The second kappa shape index (κ2) is 9.23. The molecule has 0 saturated carbocycles. The Hall–Kier alpha value is -3.65. The fourth-order valence-corrected chi connectivity index (χ4v) is 3.72. The largest absolute Gasteiger partial charge is 0.462 e. The van der Waals surface area contributed by atoms with Crippen LogP contribution in [0.3, 0.4) is 0 Å². The average molecular weight is 424 g/mol. The van der Waals surface area contributed by atoms with Gasteiger partial charge in [0.2, 0.25) is 0 Å². The first kappa shape index (κ1) is 21.1. The molecule has 0 fully saturated rings. The molecule has 0 aliphatic carbocycles. The molecule has 1 amide bonds. The molecule has 0 aromatic heterocycles. The van der Waals surface area contributed by atoms with Gasteiger partial charge in [-0.3, -0.25) is 9.52 Å². The zero-order valence-corrected chi connectivity index (χ0v) is 17.0. The van der Waals surface area contributed by atoms with Gasteiger partial charge in [-0.1, -0.05) is 24.3 Å². The number of hydrogen-bond donors (Lipinski definition) is 2. The van der Waals surface area contributed by atoms with Crippen molar-refractivity contribution in [1.29, 1.82) is 0 Å². The molecule has 3 aromatic carbocycles. The van der Waals surface area contributed by atoms with Gasteiger partial charge >= 0.3 is 5.97 Å². The molecule has 7 nitrogen and oxygen atoms in total. The number of anilines is 2. The van der Waals surface area contributed by atoms with Crippen LogP contribution in [0, 0.1) is 0 Å². The van der Waals surface area contributed by atoms with Gasteiger partial charge in [0, 0.05) is 16.9 Å². The molecule has 2 N–H and O–H groups in total. The van der Waals surface area contributed by atoms with Gasteiger partial charge in [0.25, 0.3) is 15.9 Å². The Kier molecular flexibility index (Phi) is 6.48. The van der Waals surface area contributed by atoms with E-state index in [2.05, 4.69) is 10.0 Å². The molecular formula is C22H20N2O5S. The second-order valence-corrected chi connectivity index (χ2v) is 7.93. The van der Waals surface area contributed by atoms with Crippen molar-refractivity contribution in [2.45, 2.75) is 11.8 Å². The summed E-state index contributed by atoms with van der Waals surface area (Å²) in [5, 5.41) is 2.70. The number of nitrogens with one attached hydrogen (secondary N) is 2. The molecule has 0 unspecified atom stereocenters. The lowest BCUT2D eigenvalue weighted by atomic mass is 10.1. The third-order valence-corrected chi connectivity index (χ3v) is 5.48. The Morgan fingerprint density at radius 3 is 2.20 bits per heavy atom. The van der Waals surface area contributed by atoms with Crippen molar-refractivity contribution >= 4 is 33.3 Å². The minimum absolute atomic E-state index is 0.147. The van der Waals surface area contributed by atoms with E-state index in [-0.39, 0.29) is 11.5 Å². The number of rotatable bonds is 7. The molecule has 0 spiro atoms. The van der Waals surface area contributed by atoms with E-state index in [1.165, 1.54) is 42.5 Å². The summed E-state index contributed by atoms with van der Waals surface area (Å²) in [6.45, 7) is 1.98. The maximum Gasteiger partial charge on any atom is 0.338 e. The van der Waals surface area contributed by atoms with Gasteiger partial charge in [-0.15, -0.1) is 0 Å². The van der Waals surface area contributed by atoms with Crippen LogP contribution in [0.5, 0.6) is 0 Å². The van der Waals surface area contributed by atoms with Crippen molar-refractivity contribution in [2.75, 3.05) is 16.6 Å². The minimum atomic E-state index is -3.71. The highest BCUT2D eigenvalue weighted by Gasteiger charge is 2.14. The van der Waals surface area contributed by atoms with Crippen molar-refractivity contribution in [2.24, 2.45) is 0 Å². The van der Waals surface area contributed by atoms with E-state index in [1.807, 2.05) is 0 Å². The molecule has 3 aromatic rings. The zero-order valence-electron chi connectivity index (χ0n) is 16.2. The number of esters is 1. The van der Waals surface area contributed by atoms with Gasteiger partial charge in [0.1, 0.15) is 0 Å². The number of hydrogen-bond acceptors (Lipinski definition) is 5. The standard InChI is InChI=1S/C22H20N2O5S/c1-2-29-22(26)17-7-6-8-19(15-17)23-21(25)16-11-13-18(14-12-16)24-30(27,28)20-9-4-3-5-10-20/h3-15,24H,2H2,1H3,(H,23,25). The highest BCUT2D eigenvalue weighted by molar-refractivity contribution is 7.92. The summed E-state index contributed by atoms with van der Waals surface area (Å²) in [5.74, 6) is -0.864. The SMILES string of the molecule is CCOC(=O)c1cccc(NC(=O)c2ccc(NS(=O)(=O)c3ccccc3)cc2)c1. The summed E-state index contributed by atoms with van der Waals surface area (Å²) in [4.78, 5) is 24.4. The Balaban J connectivity index is 1.69. The molecule has 8 heteroatoms. The van der Waals surface area contributed by atoms with E-state index >= 15 is 0 Å². The topological polar surface area (TPSA) is 102 Å². The average Bonchev–Trinajstić information content (AvgIpc) is 2.75. The maximum absolute atomic E-state index is 12.5. The summed E-state index contributed by atoms with van der Waals surface area (Å²) in [7, 11) is -3.71. The highest BCUT2D eigenvalue weighted by Crippen LogP contribution is 2.18. The normalized spacial score (nSPS) is 10.8. The molecule has 0 bridgehead atoms. The number of benzene rings is 3. The van der Waals surface area contributed by atoms with Gasteiger partial charge in [-0.2, -0.15) is 0 Å². The fourth-order valence-electron chi connectivity index (χ4n) is 2.64. The zero-order chi connectivity index (χ0) is 21.6. The van der Waals surface area contributed by atoms with Gasteiger partial charge in [0.15, 0.2) is 0 Å². The highest BCUT2D eigenvalue weighted by atomic mass is 32.2. The number of amides is 1. The lowest BCUT2D eigenvalue weighted by Gasteiger charge is -2.10. The summed E-state index contributed by atoms with van der Waals surface area (Å²) >= 11 is 0. The maximum atomic E-state index is 12.5. The van der Waals surface area contributed by atoms with Crippen LogP contribution in [-0.4, -0.2) is 26.9 Å². The first-order valence-corrected chi connectivity index (χ1v) is 10.6. The molecule has 0 radical (unpaired) electrons. The Labute approximate surface area is 174 Å². The number of carbonyl (C=O) groups excluding carboxylic acids is 2. The van der Waals surface area contributed by atoms with Crippen LogP contribution in [0.25, 0.3) is 0 Å². The molecule has 0 aliphatic heterocycles. The summed E-state index contributed by atoms with van der Waals surface area (Å²) in [5.41, 5.74) is 1.44. The van der Waals surface area contributed by atoms with Crippen LogP contribution in [0.2, 0.25) is 0 Å². The van der Waals surface area contributed by atoms with Crippen LogP contribution in [0.15, 0.2) is 83.8 Å². The third-order valence-electron chi connectivity index (χ3n) is 4.08. The summed E-state index contributed by atoms with van der Waals surface area (Å²) in [6, 6.07) is 20.4. The van der Waals surface area contributed by atoms with Gasteiger partial charge in [-0.05, 0) is 61.5 Å². The van der Waals surface area contributed by atoms with E-state index in [1.54, 1.807) is 43.3 Å². The quantitative estimate of drug-likeness (QED) is 0.560. The predicted molar refractivity (Wildman–Crippen MR) is 114 cm³/mol. The van der Waals surface area contributed by atoms with Gasteiger partial charge in [0.05, 0.1) is 17.1 Å². The summed E-state index contributed by atoms with van der Waals surface area (Å²) in [6.07, 6.45) is 0. The Morgan fingerprint density at radius 1 is 0.833 bits per heavy atom. The monoisotopic (exact) mass is 424 g/mol. The molecule has 154 valence electrons. The van der Waals surface area contributed by atoms with Crippen molar-refractivity contribution in [3.8, 4) is 0 Å². The predicted octanol–water partition coefficient (Wildman–Crippen LogP) is 3.92. The van der Waals surface area contributed by atoms with Crippen LogP contribution in [0.1, 0.15) is 27.6 Å². The molecule has 3 rings (SSSR count).